The van der Waals surface area contributed by atoms with Crippen molar-refractivity contribution in [3.05, 3.63) is 22.4 Å². The summed E-state index contributed by atoms with van der Waals surface area (Å²) in [5, 5.41) is 7.28. The highest BCUT2D eigenvalue weighted by Crippen LogP contribution is 2.08. The van der Waals surface area contributed by atoms with E-state index >= 15 is 0 Å². The van der Waals surface area contributed by atoms with Gasteiger partial charge < -0.3 is 10.6 Å². The molecule has 0 aromatic carbocycles. The van der Waals surface area contributed by atoms with E-state index in [1.54, 1.807) is 13.0 Å². The van der Waals surface area contributed by atoms with Gasteiger partial charge in [0.25, 0.3) is 5.91 Å². The van der Waals surface area contributed by atoms with Gasteiger partial charge in [-0.3, -0.25) is 9.59 Å². The van der Waals surface area contributed by atoms with Crippen molar-refractivity contribution in [3.8, 4) is 0 Å². The molecule has 1 rings (SSSR count). The highest BCUT2D eigenvalue weighted by atomic mass is 32.1. The van der Waals surface area contributed by atoms with Crippen LogP contribution in [0.3, 0.4) is 0 Å². The molecule has 0 saturated carbocycles. The van der Waals surface area contributed by atoms with Crippen molar-refractivity contribution in [3.63, 3.8) is 0 Å². The summed E-state index contributed by atoms with van der Waals surface area (Å²) in [5.41, 5.74) is 0. The van der Waals surface area contributed by atoms with Crippen molar-refractivity contribution in [2.75, 3.05) is 6.54 Å². The summed E-state index contributed by atoms with van der Waals surface area (Å²) in [6.45, 7) is 6.35. The summed E-state index contributed by atoms with van der Waals surface area (Å²) in [6.07, 6.45) is 0. The largest absolute Gasteiger partial charge is 0.354 e. The third kappa shape index (κ3) is 4.56. The summed E-state index contributed by atoms with van der Waals surface area (Å²) < 4.78 is 0. The average molecular weight is 254 g/mol. The maximum absolute atomic E-state index is 11.7. The Labute approximate surface area is 105 Å². The zero-order chi connectivity index (χ0) is 12.8. The Morgan fingerprint density at radius 1 is 1.35 bits per heavy atom. The molecule has 4 nitrogen and oxygen atoms in total. The van der Waals surface area contributed by atoms with Crippen LogP contribution >= 0.6 is 11.3 Å². The Bertz CT molecular complexity index is 374. The van der Waals surface area contributed by atoms with Crippen molar-refractivity contribution in [1.29, 1.82) is 0 Å². The number of amides is 2. The van der Waals surface area contributed by atoms with Crippen LogP contribution in [-0.2, 0) is 4.79 Å². The number of rotatable bonds is 5. The molecule has 0 saturated heterocycles. The van der Waals surface area contributed by atoms with Gasteiger partial charge in [0.1, 0.15) is 6.04 Å². The molecule has 0 bridgehead atoms. The fraction of sp³-hybridized carbons (Fsp3) is 0.500. The molecular weight excluding hydrogens is 236 g/mol. The minimum Gasteiger partial charge on any atom is -0.354 e. The quantitative estimate of drug-likeness (QED) is 0.839. The van der Waals surface area contributed by atoms with Gasteiger partial charge in [0.2, 0.25) is 5.91 Å². The molecule has 0 aliphatic carbocycles. The Kier molecular flexibility index (Phi) is 5.15. The standard InChI is InChI=1S/C12H18N2O2S/c1-8(2)7-13-11(15)9(3)14-12(16)10-5-4-6-17-10/h4-6,8-9H,7H2,1-3H3,(H,13,15)(H,14,16). The molecule has 1 unspecified atom stereocenters. The molecule has 94 valence electrons. The first kappa shape index (κ1) is 13.7. The molecule has 1 aromatic rings. The number of hydrogen-bond donors (Lipinski definition) is 2. The van der Waals surface area contributed by atoms with Crippen molar-refractivity contribution in [2.45, 2.75) is 26.8 Å². The average Bonchev–Trinajstić information content (AvgIpc) is 2.78. The van der Waals surface area contributed by atoms with E-state index in [0.29, 0.717) is 17.3 Å². The molecule has 1 heterocycles. The van der Waals surface area contributed by atoms with Crippen LogP contribution in [0, 0.1) is 5.92 Å². The Hall–Kier alpha value is -1.36. The molecule has 17 heavy (non-hydrogen) atoms. The summed E-state index contributed by atoms with van der Waals surface area (Å²) in [5.74, 6) is 0.0509. The fourth-order valence-corrected chi connectivity index (χ4v) is 1.83. The lowest BCUT2D eigenvalue weighted by molar-refractivity contribution is -0.122. The number of hydrogen-bond acceptors (Lipinski definition) is 3. The summed E-state index contributed by atoms with van der Waals surface area (Å²) in [4.78, 5) is 23.9. The molecule has 5 heteroatoms. The van der Waals surface area contributed by atoms with E-state index in [2.05, 4.69) is 10.6 Å². The molecule has 0 aliphatic rings. The van der Waals surface area contributed by atoms with Gasteiger partial charge in [0.15, 0.2) is 0 Å². The topological polar surface area (TPSA) is 58.2 Å². The predicted molar refractivity (Wildman–Crippen MR) is 69.1 cm³/mol. The van der Waals surface area contributed by atoms with E-state index < -0.39 is 6.04 Å². The van der Waals surface area contributed by atoms with Crippen LogP contribution in [0.4, 0.5) is 0 Å². The highest BCUT2D eigenvalue weighted by molar-refractivity contribution is 7.12. The minimum atomic E-state index is -0.511. The third-order valence-electron chi connectivity index (χ3n) is 2.17. The predicted octanol–water partition coefficient (Wildman–Crippen LogP) is 1.64. The van der Waals surface area contributed by atoms with E-state index in [4.69, 9.17) is 0 Å². The van der Waals surface area contributed by atoms with E-state index in [1.165, 1.54) is 11.3 Å². The lowest BCUT2D eigenvalue weighted by atomic mass is 10.2. The lowest BCUT2D eigenvalue weighted by Crippen LogP contribution is -2.45. The number of nitrogens with one attached hydrogen (secondary N) is 2. The zero-order valence-corrected chi connectivity index (χ0v) is 11.1. The SMILES string of the molecule is CC(C)CNC(=O)C(C)NC(=O)c1cccs1. The monoisotopic (exact) mass is 254 g/mol. The van der Waals surface area contributed by atoms with Gasteiger partial charge in [-0.25, -0.2) is 0 Å². The Balaban J connectivity index is 2.41. The summed E-state index contributed by atoms with van der Waals surface area (Å²) in [6, 6.07) is 3.03. The van der Waals surface area contributed by atoms with E-state index in [9.17, 15) is 9.59 Å². The van der Waals surface area contributed by atoms with Crippen molar-refractivity contribution in [2.24, 2.45) is 5.92 Å². The van der Waals surface area contributed by atoms with Crippen LogP contribution in [0.2, 0.25) is 0 Å². The summed E-state index contributed by atoms with van der Waals surface area (Å²) >= 11 is 1.36. The number of carbonyl (C=O) groups excluding carboxylic acids is 2. The van der Waals surface area contributed by atoms with Crippen LogP contribution in [0.25, 0.3) is 0 Å². The second-order valence-electron chi connectivity index (χ2n) is 4.31. The fourth-order valence-electron chi connectivity index (χ4n) is 1.20. The van der Waals surface area contributed by atoms with Crippen molar-refractivity contribution < 1.29 is 9.59 Å². The van der Waals surface area contributed by atoms with Gasteiger partial charge >= 0.3 is 0 Å². The first-order valence-electron chi connectivity index (χ1n) is 5.62. The summed E-state index contributed by atoms with van der Waals surface area (Å²) in [7, 11) is 0. The van der Waals surface area contributed by atoms with Gasteiger partial charge in [-0.15, -0.1) is 11.3 Å². The van der Waals surface area contributed by atoms with E-state index in [0.717, 1.165) is 0 Å². The molecule has 0 aliphatic heterocycles. The maximum Gasteiger partial charge on any atom is 0.261 e. The van der Waals surface area contributed by atoms with Crippen LogP contribution in [0.1, 0.15) is 30.4 Å². The van der Waals surface area contributed by atoms with E-state index in [1.807, 2.05) is 25.3 Å². The first-order valence-corrected chi connectivity index (χ1v) is 6.50. The van der Waals surface area contributed by atoms with Gasteiger partial charge in [-0.2, -0.15) is 0 Å². The van der Waals surface area contributed by atoms with Crippen LogP contribution < -0.4 is 10.6 Å². The molecular formula is C12H18N2O2S. The smallest absolute Gasteiger partial charge is 0.261 e. The Morgan fingerprint density at radius 2 is 2.06 bits per heavy atom. The molecule has 0 spiro atoms. The van der Waals surface area contributed by atoms with Gasteiger partial charge in [-0.1, -0.05) is 19.9 Å². The normalized spacial score (nSPS) is 12.2. The molecule has 2 N–H and O–H groups in total. The molecule has 2 amide bonds. The van der Waals surface area contributed by atoms with Gasteiger partial charge in [0.05, 0.1) is 4.88 Å². The lowest BCUT2D eigenvalue weighted by Gasteiger charge is -2.14. The van der Waals surface area contributed by atoms with Crippen LogP contribution in [0.15, 0.2) is 17.5 Å². The van der Waals surface area contributed by atoms with Crippen molar-refractivity contribution in [1.82, 2.24) is 10.6 Å². The van der Waals surface area contributed by atoms with Crippen molar-refractivity contribution >= 4 is 23.2 Å². The molecule has 0 radical (unpaired) electrons. The molecule has 1 atom stereocenters. The number of thiophene rings is 1. The Morgan fingerprint density at radius 3 is 2.59 bits per heavy atom. The highest BCUT2D eigenvalue weighted by Gasteiger charge is 2.16. The van der Waals surface area contributed by atoms with Crippen LogP contribution in [-0.4, -0.2) is 24.4 Å². The van der Waals surface area contributed by atoms with Gasteiger partial charge in [-0.05, 0) is 24.3 Å². The van der Waals surface area contributed by atoms with Crippen LogP contribution in [0.5, 0.6) is 0 Å². The minimum absolute atomic E-state index is 0.149. The molecule has 1 aromatic heterocycles. The molecule has 0 fully saturated rings. The zero-order valence-electron chi connectivity index (χ0n) is 10.3. The van der Waals surface area contributed by atoms with E-state index in [-0.39, 0.29) is 11.8 Å². The second kappa shape index (κ2) is 6.39. The first-order chi connectivity index (χ1) is 8.00. The second-order valence-corrected chi connectivity index (χ2v) is 5.26. The van der Waals surface area contributed by atoms with Gasteiger partial charge in [0, 0.05) is 6.54 Å². The number of carbonyl (C=O) groups is 2. The maximum atomic E-state index is 11.7. The third-order valence-corrected chi connectivity index (χ3v) is 3.04.